The van der Waals surface area contributed by atoms with Gasteiger partial charge in [-0.3, -0.25) is 4.79 Å². The Hall–Kier alpha value is -1.85. The zero-order chi connectivity index (χ0) is 36.5. The van der Waals surface area contributed by atoms with Crippen molar-refractivity contribution in [1.82, 2.24) is 0 Å². The van der Waals surface area contributed by atoms with Crippen molar-refractivity contribution in [1.29, 1.82) is 0 Å². The van der Waals surface area contributed by atoms with E-state index in [0.29, 0.717) is 13.0 Å². The van der Waals surface area contributed by atoms with Crippen molar-refractivity contribution in [2.24, 2.45) is 0 Å². The molecule has 1 rings (SSSR count). The predicted molar refractivity (Wildman–Crippen MR) is 201 cm³/mol. The number of rotatable bonds is 32. The fraction of sp³-hybridized carbons (Fsp3) is 0.780. The first kappa shape index (κ1) is 46.2. The van der Waals surface area contributed by atoms with Crippen molar-refractivity contribution in [3.05, 3.63) is 48.6 Å². The first-order valence-corrected chi connectivity index (χ1v) is 19.7. The maximum absolute atomic E-state index is 12.7. The zero-order valence-corrected chi connectivity index (χ0v) is 31.4. The number of carbonyl (C=O) groups is 1. The standard InChI is InChI=1S/C41H72O9/c1-3-5-7-9-11-13-15-17-19-21-23-25-27-29-31-47-33-35(34-48-41-40(46)39(45)38(44)36(32-42)50-41)49-37(43)30-28-26-24-22-20-18-16-14-12-10-8-6-4-2/h6,8,12,14,18,20,24,26,35-36,38-42,44-46H,3-5,7,9-11,13,15-17,19,21-23,25,27-34H2,1-2H3/b8-6-,14-12-,20-18-,26-24-. The van der Waals surface area contributed by atoms with Crippen LogP contribution in [0.15, 0.2) is 48.6 Å². The number of aliphatic hydroxyl groups is 4. The van der Waals surface area contributed by atoms with Gasteiger partial charge in [-0.2, -0.15) is 0 Å². The van der Waals surface area contributed by atoms with E-state index in [1.54, 1.807) is 0 Å². The van der Waals surface area contributed by atoms with Gasteiger partial charge in [-0.25, -0.2) is 0 Å². The Kier molecular flexibility index (Phi) is 30.5. The molecule has 0 aromatic rings. The number of hydrogen-bond acceptors (Lipinski definition) is 9. The van der Waals surface area contributed by atoms with Crippen LogP contribution in [0.25, 0.3) is 0 Å². The van der Waals surface area contributed by atoms with E-state index < -0.39 is 49.4 Å². The van der Waals surface area contributed by atoms with Crippen LogP contribution in [0.1, 0.15) is 142 Å². The molecule has 6 unspecified atom stereocenters. The van der Waals surface area contributed by atoms with E-state index in [4.69, 9.17) is 18.9 Å². The zero-order valence-electron chi connectivity index (χ0n) is 31.4. The minimum atomic E-state index is -1.55. The van der Waals surface area contributed by atoms with Crippen molar-refractivity contribution in [3.63, 3.8) is 0 Å². The highest BCUT2D eigenvalue weighted by Gasteiger charge is 2.44. The second-order valence-electron chi connectivity index (χ2n) is 13.4. The Morgan fingerprint density at radius 3 is 1.72 bits per heavy atom. The number of unbranched alkanes of at least 4 members (excludes halogenated alkanes) is 13. The average molecular weight is 709 g/mol. The Morgan fingerprint density at radius 1 is 0.660 bits per heavy atom. The van der Waals surface area contributed by atoms with E-state index in [0.717, 1.165) is 38.5 Å². The van der Waals surface area contributed by atoms with Crippen molar-refractivity contribution in [2.45, 2.75) is 179 Å². The highest BCUT2D eigenvalue weighted by atomic mass is 16.7. The fourth-order valence-corrected chi connectivity index (χ4v) is 5.68. The summed E-state index contributed by atoms with van der Waals surface area (Å²) in [6.45, 7) is 4.34. The molecule has 1 heterocycles. The third-order valence-electron chi connectivity index (χ3n) is 8.77. The average Bonchev–Trinajstić information content (AvgIpc) is 3.11. The van der Waals surface area contributed by atoms with Gasteiger partial charge < -0.3 is 39.4 Å². The molecule has 0 amide bonds. The minimum Gasteiger partial charge on any atom is -0.457 e. The number of ether oxygens (including phenoxy) is 4. The lowest BCUT2D eigenvalue weighted by Gasteiger charge is -2.39. The Morgan fingerprint density at radius 2 is 1.18 bits per heavy atom. The number of allylic oxidation sites excluding steroid dienone is 8. The predicted octanol–water partition coefficient (Wildman–Crippen LogP) is 7.80. The van der Waals surface area contributed by atoms with Gasteiger partial charge in [-0.05, 0) is 38.5 Å². The fourth-order valence-electron chi connectivity index (χ4n) is 5.68. The summed E-state index contributed by atoms with van der Waals surface area (Å²) in [5.41, 5.74) is 0. The highest BCUT2D eigenvalue weighted by Crippen LogP contribution is 2.22. The first-order chi connectivity index (χ1) is 24.4. The van der Waals surface area contributed by atoms with Crippen LogP contribution in [0.5, 0.6) is 0 Å². The summed E-state index contributed by atoms with van der Waals surface area (Å²) in [5, 5.41) is 39.9. The van der Waals surface area contributed by atoms with Gasteiger partial charge in [0, 0.05) is 13.0 Å². The van der Waals surface area contributed by atoms with Gasteiger partial charge in [-0.15, -0.1) is 0 Å². The molecule has 0 aromatic heterocycles. The van der Waals surface area contributed by atoms with Crippen LogP contribution in [0.4, 0.5) is 0 Å². The molecule has 1 fully saturated rings. The molecular weight excluding hydrogens is 636 g/mol. The largest absolute Gasteiger partial charge is 0.457 e. The van der Waals surface area contributed by atoms with Crippen LogP contribution in [0.2, 0.25) is 0 Å². The molecule has 0 saturated carbocycles. The summed E-state index contributed by atoms with van der Waals surface area (Å²) < 4.78 is 22.6. The molecule has 1 aliphatic rings. The molecular formula is C41H72O9. The molecule has 0 aromatic carbocycles. The van der Waals surface area contributed by atoms with Crippen molar-refractivity contribution >= 4 is 5.97 Å². The summed E-state index contributed by atoms with van der Waals surface area (Å²) in [6.07, 6.45) is 31.5. The maximum atomic E-state index is 12.7. The van der Waals surface area contributed by atoms with E-state index in [-0.39, 0.29) is 19.6 Å². The molecule has 0 aliphatic carbocycles. The van der Waals surface area contributed by atoms with Gasteiger partial charge in [0.15, 0.2) is 6.29 Å². The second-order valence-corrected chi connectivity index (χ2v) is 13.4. The Balaban J connectivity index is 2.37. The summed E-state index contributed by atoms with van der Waals surface area (Å²) in [6, 6.07) is 0. The molecule has 1 saturated heterocycles. The van der Waals surface area contributed by atoms with Crippen molar-refractivity contribution in [3.8, 4) is 0 Å². The van der Waals surface area contributed by atoms with E-state index in [2.05, 4.69) is 50.3 Å². The number of hydrogen-bond donors (Lipinski definition) is 4. The van der Waals surface area contributed by atoms with Crippen LogP contribution in [-0.4, -0.2) is 89.6 Å². The van der Waals surface area contributed by atoms with E-state index in [1.807, 2.05) is 12.2 Å². The quantitative estimate of drug-likeness (QED) is 0.0314. The molecule has 50 heavy (non-hydrogen) atoms. The molecule has 6 atom stereocenters. The lowest BCUT2D eigenvalue weighted by Crippen LogP contribution is -2.59. The van der Waals surface area contributed by atoms with E-state index >= 15 is 0 Å². The smallest absolute Gasteiger partial charge is 0.306 e. The molecule has 0 bridgehead atoms. The molecule has 0 spiro atoms. The van der Waals surface area contributed by atoms with Gasteiger partial charge in [-0.1, -0.05) is 146 Å². The SMILES string of the molecule is CC/C=C\C/C=C\C/C=C\C/C=C\CCC(=O)OC(COCCCCCCCCCCCCCCCC)COC1OC(CO)C(O)C(O)C1O. The summed E-state index contributed by atoms with van der Waals surface area (Å²) in [5.74, 6) is -0.394. The van der Waals surface area contributed by atoms with Gasteiger partial charge in [0.05, 0.1) is 19.8 Å². The summed E-state index contributed by atoms with van der Waals surface area (Å²) >= 11 is 0. The van der Waals surface area contributed by atoms with E-state index in [9.17, 15) is 25.2 Å². The topological polar surface area (TPSA) is 135 Å². The second kappa shape index (κ2) is 33.0. The molecule has 9 heteroatoms. The molecule has 1 aliphatic heterocycles. The van der Waals surface area contributed by atoms with Crippen LogP contribution in [-0.2, 0) is 23.7 Å². The number of aliphatic hydroxyl groups excluding tert-OH is 4. The maximum Gasteiger partial charge on any atom is 0.306 e. The molecule has 290 valence electrons. The first-order valence-electron chi connectivity index (χ1n) is 19.7. The third kappa shape index (κ3) is 24.4. The molecule has 0 radical (unpaired) electrons. The van der Waals surface area contributed by atoms with Gasteiger partial charge in [0.1, 0.15) is 30.5 Å². The summed E-state index contributed by atoms with van der Waals surface area (Å²) in [7, 11) is 0. The third-order valence-corrected chi connectivity index (χ3v) is 8.77. The van der Waals surface area contributed by atoms with Crippen LogP contribution < -0.4 is 0 Å². The highest BCUT2D eigenvalue weighted by molar-refractivity contribution is 5.69. The molecule has 4 N–H and O–H groups in total. The normalized spacial score (nSPS) is 22.1. The van der Waals surface area contributed by atoms with Gasteiger partial charge in [0.25, 0.3) is 0 Å². The summed E-state index contributed by atoms with van der Waals surface area (Å²) in [4.78, 5) is 12.7. The lowest BCUT2D eigenvalue weighted by molar-refractivity contribution is -0.305. The lowest BCUT2D eigenvalue weighted by atomic mass is 9.99. The Bertz CT molecular complexity index is 900. The van der Waals surface area contributed by atoms with Crippen molar-refractivity contribution in [2.75, 3.05) is 26.4 Å². The van der Waals surface area contributed by atoms with Crippen LogP contribution in [0.3, 0.4) is 0 Å². The Labute approximate surface area is 303 Å². The molecule has 9 nitrogen and oxygen atoms in total. The van der Waals surface area contributed by atoms with Crippen molar-refractivity contribution < 1.29 is 44.2 Å². The van der Waals surface area contributed by atoms with Gasteiger partial charge in [0.2, 0.25) is 0 Å². The van der Waals surface area contributed by atoms with Crippen LogP contribution >= 0.6 is 0 Å². The monoisotopic (exact) mass is 709 g/mol. The minimum absolute atomic E-state index is 0.117. The van der Waals surface area contributed by atoms with Gasteiger partial charge >= 0.3 is 5.97 Å². The number of esters is 1. The van der Waals surface area contributed by atoms with Crippen LogP contribution in [0, 0.1) is 0 Å². The van der Waals surface area contributed by atoms with E-state index in [1.165, 1.54) is 77.0 Å². The number of carbonyl (C=O) groups excluding carboxylic acids is 1.